The van der Waals surface area contributed by atoms with E-state index in [-0.39, 0.29) is 5.54 Å². The fourth-order valence-electron chi connectivity index (χ4n) is 2.44. The Balaban J connectivity index is 2.32. The number of rotatable bonds is 1. The fraction of sp³-hybridized carbons (Fsp3) is 0.571. The number of halogens is 1. The van der Waals surface area contributed by atoms with Crippen LogP contribution in [0.5, 0.6) is 0 Å². The standard InChI is InChI=1S/C14H21BrN2/c1-11-10-17(14(2,3)7-8-16-11)13-6-4-5-12(15)9-13/h4-6,9,11,16H,7-8,10H2,1-3H3. The SMILES string of the molecule is CC1CN(c2cccc(Br)c2)C(C)(C)CCN1. The summed E-state index contributed by atoms with van der Waals surface area (Å²) in [4.78, 5) is 2.52. The number of hydrogen-bond acceptors (Lipinski definition) is 2. The van der Waals surface area contributed by atoms with Crippen LogP contribution in [0.4, 0.5) is 5.69 Å². The molecule has 1 aromatic carbocycles. The minimum Gasteiger partial charge on any atom is -0.365 e. The normalized spacial score (nSPS) is 24.5. The smallest absolute Gasteiger partial charge is 0.0382 e. The maximum atomic E-state index is 3.56. The van der Waals surface area contributed by atoms with Crippen LogP contribution in [0.3, 0.4) is 0 Å². The zero-order valence-electron chi connectivity index (χ0n) is 10.8. The summed E-state index contributed by atoms with van der Waals surface area (Å²) in [5.41, 5.74) is 1.51. The summed E-state index contributed by atoms with van der Waals surface area (Å²) in [7, 11) is 0. The van der Waals surface area contributed by atoms with Gasteiger partial charge in [-0.25, -0.2) is 0 Å². The Morgan fingerprint density at radius 3 is 2.88 bits per heavy atom. The summed E-state index contributed by atoms with van der Waals surface area (Å²) in [6, 6.07) is 9.13. The Hall–Kier alpha value is -0.540. The highest BCUT2D eigenvalue weighted by Crippen LogP contribution is 2.30. The first-order chi connectivity index (χ1) is 7.99. The molecule has 1 aliphatic heterocycles. The Morgan fingerprint density at radius 1 is 1.41 bits per heavy atom. The number of benzene rings is 1. The number of hydrogen-bond donors (Lipinski definition) is 1. The lowest BCUT2D eigenvalue weighted by atomic mass is 9.97. The van der Waals surface area contributed by atoms with Gasteiger partial charge in [0.05, 0.1) is 0 Å². The Bertz CT molecular complexity index is 390. The van der Waals surface area contributed by atoms with Crippen LogP contribution in [0, 0.1) is 0 Å². The molecule has 17 heavy (non-hydrogen) atoms. The van der Waals surface area contributed by atoms with Crippen molar-refractivity contribution in [1.82, 2.24) is 5.32 Å². The maximum absolute atomic E-state index is 3.56. The Labute approximate surface area is 113 Å². The topological polar surface area (TPSA) is 15.3 Å². The van der Waals surface area contributed by atoms with Gasteiger partial charge in [0.25, 0.3) is 0 Å². The van der Waals surface area contributed by atoms with Gasteiger partial charge in [0.2, 0.25) is 0 Å². The first-order valence-corrected chi connectivity index (χ1v) is 7.05. The van der Waals surface area contributed by atoms with Crippen molar-refractivity contribution in [1.29, 1.82) is 0 Å². The number of nitrogens with zero attached hydrogens (tertiary/aromatic N) is 1. The summed E-state index contributed by atoms with van der Waals surface area (Å²) in [5, 5.41) is 3.56. The third-order valence-electron chi connectivity index (χ3n) is 3.54. The molecule has 1 aliphatic rings. The number of anilines is 1. The second kappa shape index (κ2) is 4.99. The fourth-order valence-corrected chi connectivity index (χ4v) is 2.83. The van der Waals surface area contributed by atoms with Crippen LogP contribution in [-0.2, 0) is 0 Å². The third-order valence-corrected chi connectivity index (χ3v) is 4.03. The predicted molar refractivity (Wildman–Crippen MR) is 77.6 cm³/mol. The van der Waals surface area contributed by atoms with E-state index in [0.29, 0.717) is 6.04 Å². The van der Waals surface area contributed by atoms with Gasteiger partial charge in [0, 0.05) is 28.3 Å². The maximum Gasteiger partial charge on any atom is 0.0382 e. The van der Waals surface area contributed by atoms with Crippen LogP contribution in [0.2, 0.25) is 0 Å². The van der Waals surface area contributed by atoms with Crippen molar-refractivity contribution in [2.24, 2.45) is 0 Å². The molecule has 1 fully saturated rings. The average molecular weight is 297 g/mol. The molecule has 94 valence electrons. The Kier molecular flexibility index (Phi) is 3.79. The van der Waals surface area contributed by atoms with Gasteiger partial charge in [-0.2, -0.15) is 0 Å². The molecule has 1 N–H and O–H groups in total. The van der Waals surface area contributed by atoms with Crippen molar-refractivity contribution in [2.45, 2.75) is 38.8 Å². The lowest BCUT2D eigenvalue weighted by Crippen LogP contribution is -2.46. The Morgan fingerprint density at radius 2 is 2.18 bits per heavy atom. The van der Waals surface area contributed by atoms with Crippen molar-refractivity contribution in [2.75, 3.05) is 18.0 Å². The van der Waals surface area contributed by atoms with E-state index in [1.165, 1.54) is 12.1 Å². The van der Waals surface area contributed by atoms with E-state index in [1.54, 1.807) is 0 Å². The molecule has 0 saturated carbocycles. The van der Waals surface area contributed by atoms with Gasteiger partial charge in [-0.05, 0) is 51.9 Å². The van der Waals surface area contributed by atoms with Crippen LogP contribution >= 0.6 is 15.9 Å². The first-order valence-electron chi connectivity index (χ1n) is 6.26. The summed E-state index contributed by atoms with van der Waals surface area (Å²) in [6.45, 7) is 9.07. The summed E-state index contributed by atoms with van der Waals surface area (Å²) < 4.78 is 1.15. The summed E-state index contributed by atoms with van der Waals surface area (Å²) in [5.74, 6) is 0. The average Bonchev–Trinajstić information content (AvgIpc) is 2.37. The molecule has 0 aromatic heterocycles. The van der Waals surface area contributed by atoms with Gasteiger partial charge >= 0.3 is 0 Å². The van der Waals surface area contributed by atoms with Gasteiger partial charge in [0.1, 0.15) is 0 Å². The monoisotopic (exact) mass is 296 g/mol. The molecule has 1 aromatic rings. The van der Waals surface area contributed by atoms with Crippen molar-refractivity contribution >= 4 is 21.6 Å². The van der Waals surface area contributed by atoms with E-state index in [1.807, 2.05) is 0 Å². The third kappa shape index (κ3) is 3.02. The van der Waals surface area contributed by atoms with Gasteiger partial charge in [-0.3, -0.25) is 0 Å². The first kappa shape index (κ1) is 12.9. The van der Waals surface area contributed by atoms with Crippen molar-refractivity contribution in [3.05, 3.63) is 28.7 Å². The molecule has 2 nitrogen and oxygen atoms in total. The molecular formula is C14H21BrN2. The quantitative estimate of drug-likeness (QED) is 0.854. The van der Waals surface area contributed by atoms with Crippen LogP contribution in [-0.4, -0.2) is 24.7 Å². The van der Waals surface area contributed by atoms with Crippen molar-refractivity contribution in [3.8, 4) is 0 Å². The van der Waals surface area contributed by atoms with E-state index in [4.69, 9.17) is 0 Å². The summed E-state index contributed by atoms with van der Waals surface area (Å²) >= 11 is 3.56. The second-order valence-corrected chi connectivity index (χ2v) is 6.42. The molecule has 0 amide bonds. The van der Waals surface area contributed by atoms with Crippen LogP contribution < -0.4 is 10.2 Å². The minimum absolute atomic E-state index is 0.207. The van der Waals surface area contributed by atoms with E-state index >= 15 is 0 Å². The van der Waals surface area contributed by atoms with Gasteiger partial charge in [0.15, 0.2) is 0 Å². The second-order valence-electron chi connectivity index (χ2n) is 5.51. The molecule has 2 rings (SSSR count). The zero-order valence-corrected chi connectivity index (χ0v) is 12.4. The number of nitrogens with one attached hydrogen (secondary N) is 1. The molecule has 0 bridgehead atoms. The van der Waals surface area contributed by atoms with Crippen molar-refractivity contribution in [3.63, 3.8) is 0 Å². The van der Waals surface area contributed by atoms with E-state index in [9.17, 15) is 0 Å². The predicted octanol–water partition coefficient (Wildman–Crippen LogP) is 3.42. The molecule has 1 heterocycles. The van der Waals surface area contributed by atoms with Crippen LogP contribution in [0.15, 0.2) is 28.7 Å². The molecule has 1 unspecified atom stereocenters. The van der Waals surface area contributed by atoms with E-state index in [2.05, 4.69) is 71.2 Å². The van der Waals surface area contributed by atoms with Crippen LogP contribution in [0.25, 0.3) is 0 Å². The molecule has 3 heteroatoms. The lowest BCUT2D eigenvalue weighted by molar-refractivity contribution is 0.453. The zero-order chi connectivity index (χ0) is 12.5. The largest absolute Gasteiger partial charge is 0.365 e. The van der Waals surface area contributed by atoms with Gasteiger partial charge in [-0.1, -0.05) is 22.0 Å². The van der Waals surface area contributed by atoms with Gasteiger partial charge < -0.3 is 10.2 Å². The highest BCUT2D eigenvalue weighted by Gasteiger charge is 2.30. The van der Waals surface area contributed by atoms with Gasteiger partial charge in [-0.15, -0.1) is 0 Å². The van der Waals surface area contributed by atoms with E-state index < -0.39 is 0 Å². The highest BCUT2D eigenvalue weighted by atomic mass is 79.9. The van der Waals surface area contributed by atoms with Crippen molar-refractivity contribution < 1.29 is 0 Å². The molecule has 0 aliphatic carbocycles. The molecule has 0 spiro atoms. The summed E-state index contributed by atoms with van der Waals surface area (Å²) in [6.07, 6.45) is 1.17. The lowest BCUT2D eigenvalue weighted by Gasteiger charge is -2.39. The molecular weight excluding hydrogens is 276 g/mol. The molecule has 1 saturated heterocycles. The molecule has 0 radical (unpaired) electrons. The minimum atomic E-state index is 0.207. The highest BCUT2D eigenvalue weighted by molar-refractivity contribution is 9.10. The van der Waals surface area contributed by atoms with E-state index in [0.717, 1.165) is 17.6 Å². The van der Waals surface area contributed by atoms with Crippen LogP contribution in [0.1, 0.15) is 27.2 Å². The molecule has 1 atom stereocenters.